The molecule has 30 heavy (non-hydrogen) atoms. The minimum absolute atomic E-state index is 0.0635. The fourth-order valence-electron chi connectivity index (χ4n) is 2.33. The van der Waals surface area contributed by atoms with Crippen molar-refractivity contribution in [3.05, 3.63) is 54.1 Å². The number of nitrogens with one attached hydrogen (secondary N) is 2. The van der Waals surface area contributed by atoms with Crippen LogP contribution in [0.25, 0.3) is 11.5 Å². The summed E-state index contributed by atoms with van der Waals surface area (Å²) >= 11 is 1.00. The van der Waals surface area contributed by atoms with Crippen molar-refractivity contribution < 1.29 is 27.5 Å². The number of halogens is 2. The lowest BCUT2D eigenvalue weighted by Gasteiger charge is -2.07. The van der Waals surface area contributed by atoms with Crippen LogP contribution in [0.2, 0.25) is 0 Å². The van der Waals surface area contributed by atoms with Crippen LogP contribution in [-0.2, 0) is 9.59 Å². The summed E-state index contributed by atoms with van der Waals surface area (Å²) in [7, 11) is 1.53. The van der Waals surface area contributed by atoms with Gasteiger partial charge in [0, 0.05) is 11.8 Å². The predicted octanol–water partition coefficient (Wildman–Crippen LogP) is 2.87. The summed E-state index contributed by atoms with van der Waals surface area (Å²) in [6.45, 7) is -0.339. The highest BCUT2D eigenvalue weighted by Gasteiger charge is 2.15. The normalized spacial score (nSPS) is 10.5. The lowest BCUT2D eigenvalue weighted by atomic mass is 10.2. The van der Waals surface area contributed by atoms with Crippen LogP contribution < -0.4 is 15.4 Å². The van der Waals surface area contributed by atoms with E-state index in [1.807, 2.05) is 0 Å². The van der Waals surface area contributed by atoms with Crippen LogP contribution in [0.15, 0.2) is 52.1 Å². The van der Waals surface area contributed by atoms with Crippen LogP contribution in [0.3, 0.4) is 0 Å². The number of ether oxygens (including phenoxy) is 1. The van der Waals surface area contributed by atoms with E-state index in [1.54, 1.807) is 24.3 Å². The van der Waals surface area contributed by atoms with Gasteiger partial charge in [-0.25, -0.2) is 8.78 Å². The number of rotatable bonds is 8. The number of benzene rings is 2. The fraction of sp³-hybridized carbons (Fsp3) is 0.158. The highest BCUT2D eigenvalue weighted by molar-refractivity contribution is 7.99. The van der Waals surface area contributed by atoms with Gasteiger partial charge < -0.3 is 19.8 Å². The van der Waals surface area contributed by atoms with Crippen LogP contribution in [-0.4, -0.2) is 41.4 Å². The first kappa shape index (κ1) is 21.2. The molecule has 2 N–H and O–H groups in total. The Morgan fingerprint density at radius 1 is 1.10 bits per heavy atom. The lowest BCUT2D eigenvalue weighted by Crippen LogP contribution is -2.33. The van der Waals surface area contributed by atoms with Crippen molar-refractivity contribution in [1.82, 2.24) is 15.5 Å². The van der Waals surface area contributed by atoms with Crippen LogP contribution in [0, 0.1) is 11.6 Å². The summed E-state index contributed by atoms with van der Waals surface area (Å²) < 4.78 is 36.8. The van der Waals surface area contributed by atoms with Gasteiger partial charge in [0.15, 0.2) is 11.6 Å². The van der Waals surface area contributed by atoms with Gasteiger partial charge in [-0.05, 0) is 24.3 Å². The molecule has 0 aliphatic rings. The number of carbonyl (C=O) groups is 2. The number of amides is 2. The van der Waals surface area contributed by atoms with E-state index in [9.17, 15) is 18.4 Å². The van der Waals surface area contributed by atoms with E-state index in [0.717, 1.165) is 23.9 Å². The third-order valence-corrected chi connectivity index (χ3v) is 4.54. The van der Waals surface area contributed by atoms with Crippen LogP contribution in [0.1, 0.15) is 0 Å². The molecule has 0 atom stereocenters. The van der Waals surface area contributed by atoms with Gasteiger partial charge >= 0.3 is 0 Å². The Morgan fingerprint density at radius 3 is 2.67 bits per heavy atom. The van der Waals surface area contributed by atoms with Gasteiger partial charge in [-0.2, -0.15) is 0 Å². The number of anilines is 1. The van der Waals surface area contributed by atoms with Crippen LogP contribution >= 0.6 is 11.8 Å². The highest BCUT2D eigenvalue weighted by Crippen LogP contribution is 2.30. The van der Waals surface area contributed by atoms with E-state index < -0.39 is 23.4 Å². The topological polar surface area (TPSA) is 106 Å². The van der Waals surface area contributed by atoms with Crippen LogP contribution in [0.4, 0.5) is 14.5 Å². The van der Waals surface area contributed by atoms with Crippen molar-refractivity contribution in [2.24, 2.45) is 0 Å². The summed E-state index contributed by atoms with van der Waals surface area (Å²) in [6, 6.07) is 10.1. The van der Waals surface area contributed by atoms with Gasteiger partial charge in [0.1, 0.15) is 5.75 Å². The van der Waals surface area contributed by atoms with Crippen molar-refractivity contribution in [2.45, 2.75) is 5.22 Å². The van der Waals surface area contributed by atoms with E-state index in [-0.39, 0.29) is 29.1 Å². The summed E-state index contributed by atoms with van der Waals surface area (Å²) in [5, 5.41) is 12.7. The van der Waals surface area contributed by atoms with Gasteiger partial charge in [0.2, 0.25) is 11.8 Å². The van der Waals surface area contributed by atoms with Crippen molar-refractivity contribution in [2.75, 3.05) is 24.7 Å². The molecule has 0 radical (unpaired) electrons. The summed E-state index contributed by atoms with van der Waals surface area (Å²) in [5.74, 6) is -2.38. The third kappa shape index (κ3) is 5.54. The first-order valence-electron chi connectivity index (χ1n) is 8.57. The zero-order valence-corrected chi connectivity index (χ0v) is 16.5. The van der Waals surface area contributed by atoms with Gasteiger partial charge in [-0.15, -0.1) is 10.2 Å². The van der Waals surface area contributed by atoms with E-state index >= 15 is 0 Å². The molecule has 0 bridgehead atoms. The Balaban J connectivity index is 1.46. The molecule has 8 nitrogen and oxygen atoms in total. The molecule has 0 unspecified atom stereocenters. The Kier molecular flexibility index (Phi) is 6.96. The Morgan fingerprint density at radius 2 is 1.90 bits per heavy atom. The Labute approximate surface area is 174 Å². The predicted molar refractivity (Wildman–Crippen MR) is 105 cm³/mol. The molecule has 0 fully saturated rings. The summed E-state index contributed by atoms with van der Waals surface area (Å²) in [4.78, 5) is 23.7. The third-order valence-electron chi connectivity index (χ3n) is 3.72. The Bertz CT molecular complexity index is 1060. The zero-order valence-electron chi connectivity index (χ0n) is 15.6. The van der Waals surface area contributed by atoms with Crippen molar-refractivity contribution in [1.29, 1.82) is 0 Å². The Hall–Kier alpha value is -3.47. The maximum atomic E-state index is 13.1. The van der Waals surface area contributed by atoms with Crippen molar-refractivity contribution in [3.63, 3.8) is 0 Å². The average Bonchev–Trinajstić information content (AvgIpc) is 3.22. The molecule has 3 rings (SSSR count). The second-order valence-electron chi connectivity index (χ2n) is 5.82. The van der Waals surface area contributed by atoms with Gasteiger partial charge in [0.05, 0.1) is 25.0 Å². The summed E-state index contributed by atoms with van der Waals surface area (Å²) in [6.07, 6.45) is 0. The summed E-state index contributed by atoms with van der Waals surface area (Å²) in [5.41, 5.74) is 0.704. The van der Waals surface area contributed by atoms with Gasteiger partial charge in [-0.1, -0.05) is 23.9 Å². The molecule has 3 aromatic rings. The standard InChI is InChI=1S/C19H16F2N4O4S/c1-28-15-5-3-2-4-12(15)18-24-25-19(29-18)30-10-17(27)22-9-16(26)23-11-6-7-13(20)14(21)8-11/h2-8H,9-10H2,1H3,(H,22,27)(H,23,26). The minimum atomic E-state index is -1.08. The molecule has 0 spiro atoms. The monoisotopic (exact) mass is 434 g/mol. The number of nitrogens with zero attached hydrogens (tertiary/aromatic N) is 2. The largest absolute Gasteiger partial charge is 0.496 e. The molecule has 1 aromatic heterocycles. The quantitative estimate of drug-likeness (QED) is 0.525. The van der Waals surface area contributed by atoms with E-state index in [1.165, 1.54) is 13.2 Å². The van der Waals surface area contributed by atoms with Crippen molar-refractivity contribution >= 4 is 29.3 Å². The minimum Gasteiger partial charge on any atom is -0.496 e. The molecule has 156 valence electrons. The molecule has 2 aromatic carbocycles. The second-order valence-corrected chi connectivity index (χ2v) is 6.74. The van der Waals surface area contributed by atoms with Crippen LogP contribution in [0.5, 0.6) is 5.75 Å². The number of para-hydroxylation sites is 1. The number of methoxy groups -OCH3 is 1. The highest BCUT2D eigenvalue weighted by atomic mass is 32.2. The molecule has 11 heteroatoms. The maximum Gasteiger partial charge on any atom is 0.277 e. The molecule has 0 aliphatic heterocycles. The molecule has 1 heterocycles. The van der Waals surface area contributed by atoms with E-state index in [2.05, 4.69) is 20.8 Å². The molecular weight excluding hydrogens is 418 g/mol. The SMILES string of the molecule is COc1ccccc1-c1nnc(SCC(=O)NCC(=O)Nc2ccc(F)c(F)c2)o1. The molecule has 0 saturated heterocycles. The average molecular weight is 434 g/mol. The van der Waals surface area contributed by atoms with Gasteiger partial charge in [0.25, 0.3) is 11.1 Å². The first-order chi connectivity index (χ1) is 14.5. The molecular formula is C19H16F2N4O4S. The van der Waals surface area contributed by atoms with Gasteiger partial charge in [-0.3, -0.25) is 9.59 Å². The number of hydrogen-bond acceptors (Lipinski definition) is 7. The number of thioether (sulfide) groups is 1. The van der Waals surface area contributed by atoms with E-state index in [4.69, 9.17) is 9.15 Å². The molecule has 0 aliphatic carbocycles. The number of carbonyl (C=O) groups excluding carboxylic acids is 2. The lowest BCUT2D eigenvalue weighted by molar-refractivity contribution is -0.122. The fourth-order valence-corrected chi connectivity index (χ4v) is 2.93. The first-order valence-corrected chi connectivity index (χ1v) is 9.56. The van der Waals surface area contributed by atoms with Crippen molar-refractivity contribution in [3.8, 4) is 17.2 Å². The maximum absolute atomic E-state index is 13.1. The number of hydrogen-bond donors (Lipinski definition) is 2. The smallest absolute Gasteiger partial charge is 0.277 e. The molecule has 0 saturated carbocycles. The second kappa shape index (κ2) is 9.83. The zero-order chi connectivity index (χ0) is 21.5. The van der Waals surface area contributed by atoms with E-state index in [0.29, 0.717) is 11.3 Å². The number of aromatic nitrogens is 2. The molecule has 2 amide bonds.